The number of aromatic hydroxyl groups is 1. The topological polar surface area (TPSA) is 107 Å². The standard InChI is InChI=1S/C9H17N5S.C7H3Br2NO/c1-5-10-7-12-8(11-6(2)3)14-9(13-7)15-4;8-5-1-4(3-10)2-6(9)7(5)11/h6H,5H2,1-4H3,(H2,10,11,12,13,14);1-2,11H. The Balaban J connectivity index is 0.000000273. The van der Waals surface area contributed by atoms with Gasteiger partial charge in [-0.15, -0.1) is 0 Å². The van der Waals surface area contributed by atoms with E-state index in [1.165, 1.54) is 11.8 Å². The first-order valence-electron chi connectivity index (χ1n) is 7.69. The Morgan fingerprint density at radius 3 is 2.23 bits per heavy atom. The Hall–Kier alpha value is -1.57. The number of nitriles is 1. The molecule has 0 aliphatic heterocycles. The third kappa shape index (κ3) is 7.35. The van der Waals surface area contributed by atoms with Gasteiger partial charge < -0.3 is 15.7 Å². The van der Waals surface area contributed by atoms with Crippen LogP contribution in [0.25, 0.3) is 0 Å². The second-order valence-corrected chi connectivity index (χ2v) is 7.68. The molecule has 0 aliphatic rings. The number of phenolic OH excluding ortho intramolecular Hbond substituents is 1. The van der Waals surface area contributed by atoms with Crippen LogP contribution in [0, 0.1) is 11.3 Å². The number of halogens is 2. The van der Waals surface area contributed by atoms with E-state index in [-0.39, 0.29) is 5.75 Å². The number of rotatable bonds is 5. The van der Waals surface area contributed by atoms with Gasteiger partial charge in [0.2, 0.25) is 11.9 Å². The van der Waals surface area contributed by atoms with Crippen LogP contribution >= 0.6 is 43.6 Å². The zero-order chi connectivity index (χ0) is 19.7. The number of benzene rings is 1. The minimum atomic E-state index is 0.115. The lowest BCUT2D eigenvalue weighted by Crippen LogP contribution is -2.15. The summed E-state index contributed by atoms with van der Waals surface area (Å²) in [7, 11) is 0. The van der Waals surface area contributed by atoms with E-state index in [0.717, 1.165) is 11.7 Å². The van der Waals surface area contributed by atoms with Gasteiger partial charge in [-0.05, 0) is 71.0 Å². The van der Waals surface area contributed by atoms with Gasteiger partial charge in [0, 0.05) is 12.6 Å². The number of hydrogen-bond donors (Lipinski definition) is 3. The quantitative estimate of drug-likeness (QED) is 0.506. The molecule has 0 amide bonds. The monoisotopic (exact) mass is 502 g/mol. The molecule has 0 bridgehead atoms. The second-order valence-electron chi connectivity index (χ2n) is 5.20. The summed E-state index contributed by atoms with van der Waals surface area (Å²) in [6.07, 6.45) is 1.95. The fourth-order valence-corrected chi connectivity index (χ4v) is 3.18. The summed E-state index contributed by atoms with van der Waals surface area (Å²) in [6.45, 7) is 6.92. The van der Waals surface area contributed by atoms with Gasteiger partial charge in [-0.2, -0.15) is 20.2 Å². The molecule has 0 atom stereocenters. The summed E-state index contributed by atoms with van der Waals surface area (Å²) in [4.78, 5) is 12.8. The molecule has 1 heterocycles. The Kier molecular flexibility index (Phi) is 9.69. The molecule has 0 aliphatic carbocycles. The average molecular weight is 504 g/mol. The Morgan fingerprint density at radius 2 is 1.77 bits per heavy atom. The van der Waals surface area contributed by atoms with Crippen molar-refractivity contribution in [3.05, 3.63) is 26.6 Å². The third-order valence-corrected chi connectivity index (χ3v) is 4.45. The van der Waals surface area contributed by atoms with E-state index in [9.17, 15) is 5.11 Å². The van der Waals surface area contributed by atoms with Gasteiger partial charge in [0.25, 0.3) is 0 Å². The van der Waals surface area contributed by atoms with Crippen LogP contribution in [0.4, 0.5) is 11.9 Å². The summed E-state index contributed by atoms with van der Waals surface area (Å²) < 4.78 is 1.03. The molecular weight excluding hydrogens is 484 g/mol. The number of thioether (sulfide) groups is 1. The van der Waals surface area contributed by atoms with Crippen molar-refractivity contribution in [3.8, 4) is 11.8 Å². The maximum atomic E-state index is 9.22. The second kappa shape index (κ2) is 11.2. The van der Waals surface area contributed by atoms with Crippen molar-refractivity contribution in [1.82, 2.24) is 15.0 Å². The van der Waals surface area contributed by atoms with Crippen LogP contribution in [0.3, 0.4) is 0 Å². The molecule has 2 aromatic rings. The number of phenols is 1. The first kappa shape index (κ1) is 22.5. The van der Waals surface area contributed by atoms with Crippen molar-refractivity contribution in [3.63, 3.8) is 0 Å². The molecule has 10 heteroatoms. The lowest BCUT2D eigenvalue weighted by atomic mass is 10.2. The van der Waals surface area contributed by atoms with E-state index >= 15 is 0 Å². The molecule has 140 valence electrons. The number of anilines is 2. The number of nitrogens with zero attached hydrogens (tertiary/aromatic N) is 4. The van der Waals surface area contributed by atoms with Gasteiger partial charge in [-0.3, -0.25) is 0 Å². The average Bonchev–Trinajstić information content (AvgIpc) is 2.59. The highest BCUT2D eigenvalue weighted by atomic mass is 79.9. The highest BCUT2D eigenvalue weighted by Gasteiger charge is 2.06. The predicted octanol–water partition coefficient (Wildman–Crippen LogP) is 4.63. The van der Waals surface area contributed by atoms with Gasteiger partial charge in [0.05, 0.1) is 20.6 Å². The van der Waals surface area contributed by atoms with Crippen molar-refractivity contribution in [2.24, 2.45) is 0 Å². The molecule has 1 aromatic carbocycles. The van der Waals surface area contributed by atoms with E-state index in [0.29, 0.717) is 32.4 Å². The molecule has 0 saturated heterocycles. The lowest BCUT2D eigenvalue weighted by Gasteiger charge is -2.10. The van der Waals surface area contributed by atoms with Crippen molar-refractivity contribution in [2.75, 3.05) is 23.4 Å². The van der Waals surface area contributed by atoms with Crippen molar-refractivity contribution >= 4 is 55.5 Å². The fraction of sp³-hybridized carbons (Fsp3) is 0.375. The van der Waals surface area contributed by atoms with Crippen LogP contribution in [0.2, 0.25) is 0 Å². The van der Waals surface area contributed by atoms with Crippen LogP contribution in [0.1, 0.15) is 26.3 Å². The molecule has 1 aromatic heterocycles. The van der Waals surface area contributed by atoms with Crippen molar-refractivity contribution in [2.45, 2.75) is 32.0 Å². The minimum absolute atomic E-state index is 0.115. The number of nitrogens with one attached hydrogen (secondary N) is 2. The van der Waals surface area contributed by atoms with Gasteiger partial charge in [0.15, 0.2) is 5.16 Å². The summed E-state index contributed by atoms with van der Waals surface area (Å²) in [6, 6.07) is 5.39. The zero-order valence-corrected chi connectivity index (χ0v) is 18.8. The van der Waals surface area contributed by atoms with Gasteiger partial charge in [-0.25, -0.2) is 0 Å². The summed E-state index contributed by atoms with van der Waals surface area (Å²) in [5.74, 6) is 1.37. The predicted molar refractivity (Wildman–Crippen MR) is 113 cm³/mol. The maximum Gasteiger partial charge on any atom is 0.228 e. The molecule has 0 fully saturated rings. The molecule has 3 N–H and O–H groups in total. The molecule has 26 heavy (non-hydrogen) atoms. The third-order valence-electron chi connectivity index (χ3n) is 2.70. The van der Waals surface area contributed by atoms with Crippen molar-refractivity contribution in [1.29, 1.82) is 5.26 Å². The largest absolute Gasteiger partial charge is 0.506 e. The van der Waals surface area contributed by atoms with E-state index in [4.69, 9.17) is 5.26 Å². The van der Waals surface area contributed by atoms with Crippen molar-refractivity contribution < 1.29 is 5.11 Å². The first-order chi connectivity index (χ1) is 12.3. The van der Waals surface area contributed by atoms with Gasteiger partial charge in [0.1, 0.15) is 5.75 Å². The van der Waals surface area contributed by atoms with Crippen LogP contribution in [-0.4, -0.2) is 38.9 Å². The van der Waals surface area contributed by atoms with Crippen LogP contribution < -0.4 is 10.6 Å². The SMILES string of the molecule is CCNc1nc(NC(C)C)nc(SC)n1.N#Cc1cc(Br)c(O)c(Br)c1. The van der Waals surface area contributed by atoms with Gasteiger partial charge in [-0.1, -0.05) is 11.8 Å². The van der Waals surface area contributed by atoms with Gasteiger partial charge >= 0.3 is 0 Å². The van der Waals surface area contributed by atoms with Crippen LogP contribution in [0.5, 0.6) is 5.75 Å². The van der Waals surface area contributed by atoms with E-state index < -0.39 is 0 Å². The Morgan fingerprint density at radius 1 is 1.19 bits per heavy atom. The molecule has 0 unspecified atom stereocenters. The smallest absolute Gasteiger partial charge is 0.228 e. The minimum Gasteiger partial charge on any atom is -0.506 e. The van der Waals surface area contributed by atoms with E-state index in [1.54, 1.807) is 12.1 Å². The summed E-state index contributed by atoms with van der Waals surface area (Å²) in [5.41, 5.74) is 0.501. The highest BCUT2D eigenvalue weighted by Crippen LogP contribution is 2.32. The number of hydrogen-bond acceptors (Lipinski definition) is 8. The lowest BCUT2D eigenvalue weighted by molar-refractivity contribution is 0.468. The molecule has 0 saturated carbocycles. The Labute approximate surface area is 174 Å². The highest BCUT2D eigenvalue weighted by molar-refractivity contribution is 9.11. The molecule has 7 nitrogen and oxygen atoms in total. The van der Waals surface area contributed by atoms with E-state index in [2.05, 4.69) is 71.3 Å². The summed E-state index contributed by atoms with van der Waals surface area (Å²) in [5, 5.41) is 24.7. The maximum absolute atomic E-state index is 9.22. The molecule has 0 radical (unpaired) electrons. The van der Waals surface area contributed by atoms with Crippen LogP contribution in [-0.2, 0) is 0 Å². The normalized spacial score (nSPS) is 9.92. The van der Waals surface area contributed by atoms with Crippen LogP contribution in [0.15, 0.2) is 26.2 Å². The Bertz CT molecular complexity index is 759. The molecule has 0 spiro atoms. The zero-order valence-electron chi connectivity index (χ0n) is 14.8. The number of aromatic nitrogens is 3. The first-order valence-corrected chi connectivity index (χ1v) is 10.5. The summed E-state index contributed by atoms with van der Waals surface area (Å²) >= 11 is 7.72. The fourth-order valence-electron chi connectivity index (χ4n) is 1.64. The molecular formula is C16H20Br2N6OS. The molecule has 2 rings (SSSR count). The van der Waals surface area contributed by atoms with E-state index in [1.807, 2.05) is 19.2 Å².